The van der Waals surface area contributed by atoms with Crippen LogP contribution in [0.5, 0.6) is 0 Å². The summed E-state index contributed by atoms with van der Waals surface area (Å²) in [7, 11) is 0. The van der Waals surface area contributed by atoms with E-state index in [2.05, 4.69) is 41.2 Å². The molecule has 2 rings (SSSR count). The number of aryl methyl sites for hydroxylation is 1. The molecule has 0 bridgehead atoms. The Morgan fingerprint density at radius 1 is 1.56 bits per heavy atom. The highest BCUT2D eigenvalue weighted by Crippen LogP contribution is 2.36. The maximum atomic E-state index is 5.49. The Bertz CT molecular complexity index is 408. The Balaban J connectivity index is 2.20. The zero-order valence-corrected chi connectivity index (χ0v) is 13.4. The fraction of sp³-hybridized carbons (Fsp3) is 0.571. The molecule has 1 unspecified atom stereocenters. The zero-order valence-electron chi connectivity index (χ0n) is 11.0. The first-order valence-corrected chi connectivity index (χ1v) is 8.13. The minimum atomic E-state index is 0.320. The van der Waals surface area contributed by atoms with Crippen LogP contribution in [0.1, 0.15) is 42.7 Å². The van der Waals surface area contributed by atoms with Crippen molar-refractivity contribution in [1.82, 2.24) is 5.32 Å². The Morgan fingerprint density at radius 3 is 2.94 bits per heavy atom. The van der Waals surface area contributed by atoms with Crippen molar-refractivity contribution in [2.45, 2.75) is 39.2 Å². The molecule has 1 aliphatic heterocycles. The van der Waals surface area contributed by atoms with Crippen molar-refractivity contribution in [3.8, 4) is 0 Å². The highest BCUT2D eigenvalue weighted by atomic mass is 79.9. The minimum Gasteiger partial charge on any atom is -0.501 e. The molecule has 1 aliphatic rings. The predicted molar refractivity (Wildman–Crippen MR) is 81.1 cm³/mol. The van der Waals surface area contributed by atoms with E-state index in [1.165, 1.54) is 19.8 Å². The van der Waals surface area contributed by atoms with Crippen LogP contribution >= 0.6 is 27.3 Å². The van der Waals surface area contributed by atoms with Crippen molar-refractivity contribution >= 4 is 27.3 Å². The van der Waals surface area contributed by atoms with E-state index in [4.69, 9.17) is 4.74 Å². The Hall–Kier alpha value is -0.320. The molecule has 0 spiro atoms. The molecule has 0 amide bonds. The van der Waals surface area contributed by atoms with Crippen LogP contribution in [0, 0.1) is 6.92 Å². The first-order chi connectivity index (χ1) is 8.72. The molecular weight excluding hydrogens is 310 g/mol. The third kappa shape index (κ3) is 3.37. The van der Waals surface area contributed by atoms with Crippen LogP contribution in [0.25, 0.3) is 0 Å². The van der Waals surface area contributed by atoms with Crippen molar-refractivity contribution in [2.24, 2.45) is 0 Å². The highest BCUT2D eigenvalue weighted by Gasteiger charge is 2.20. The van der Waals surface area contributed by atoms with E-state index in [1.54, 1.807) is 0 Å². The first-order valence-electron chi connectivity index (χ1n) is 6.52. The smallest absolute Gasteiger partial charge is 0.0876 e. The van der Waals surface area contributed by atoms with Crippen molar-refractivity contribution in [3.63, 3.8) is 0 Å². The average molecular weight is 330 g/mol. The molecule has 1 atom stereocenters. The fourth-order valence-electron chi connectivity index (χ4n) is 2.13. The van der Waals surface area contributed by atoms with Gasteiger partial charge < -0.3 is 10.1 Å². The summed E-state index contributed by atoms with van der Waals surface area (Å²) in [4.78, 5) is 1.38. The lowest BCUT2D eigenvalue weighted by molar-refractivity contribution is 0.219. The number of halogens is 1. The van der Waals surface area contributed by atoms with Gasteiger partial charge in [-0.3, -0.25) is 0 Å². The van der Waals surface area contributed by atoms with Crippen molar-refractivity contribution in [3.05, 3.63) is 32.1 Å². The average Bonchev–Trinajstić information content (AvgIpc) is 2.71. The minimum absolute atomic E-state index is 0.320. The van der Waals surface area contributed by atoms with Crippen LogP contribution in [-0.4, -0.2) is 13.2 Å². The molecule has 18 heavy (non-hydrogen) atoms. The quantitative estimate of drug-likeness (QED) is 0.855. The van der Waals surface area contributed by atoms with E-state index >= 15 is 0 Å². The van der Waals surface area contributed by atoms with Crippen LogP contribution in [0.15, 0.2) is 21.7 Å². The maximum absolute atomic E-state index is 5.49. The lowest BCUT2D eigenvalue weighted by atomic mass is 10.0. The Kier molecular flexibility index (Phi) is 5.27. The molecule has 0 saturated heterocycles. The van der Waals surface area contributed by atoms with Gasteiger partial charge in [-0.1, -0.05) is 6.92 Å². The Morgan fingerprint density at radius 2 is 2.39 bits per heavy atom. The fourth-order valence-corrected chi connectivity index (χ4v) is 3.82. The molecule has 4 heteroatoms. The van der Waals surface area contributed by atoms with Crippen LogP contribution in [0.2, 0.25) is 0 Å². The van der Waals surface area contributed by atoms with E-state index in [9.17, 15) is 0 Å². The molecule has 2 heterocycles. The van der Waals surface area contributed by atoms with E-state index in [1.807, 2.05) is 17.6 Å². The summed E-state index contributed by atoms with van der Waals surface area (Å²) in [6.45, 7) is 6.24. The summed E-state index contributed by atoms with van der Waals surface area (Å²) in [6, 6.07) is 2.59. The van der Waals surface area contributed by atoms with Gasteiger partial charge in [0, 0.05) is 4.88 Å². The standard InChI is InChI=1S/C14H20BrNOS/c1-3-6-16-13(11-5-4-7-17-9-11)12-8-10(2)14(15)18-12/h8-9,13,16H,3-7H2,1-2H3. The second-order valence-corrected chi connectivity index (χ2v) is 7.06. The lowest BCUT2D eigenvalue weighted by Gasteiger charge is -2.23. The number of hydrogen-bond acceptors (Lipinski definition) is 3. The number of hydrogen-bond donors (Lipinski definition) is 1. The van der Waals surface area contributed by atoms with Gasteiger partial charge in [0.2, 0.25) is 0 Å². The topological polar surface area (TPSA) is 21.3 Å². The van der Waals surface area contributed by atoms with Crippen LogP contribution < -0.4 is 5.32 Å². The summed E-state index contributed by atoms with van der Waals surface area (Å²) in [5.41, 5.74) is 2.69. The van der Waals surface area contributed by atoms with Gasteiger partial charge >= 0.3 is 0 Å². The van der Waals surface area contributed by atoms with Gasteiger partial charge in [0.1, 0.15) is 0 Å². The van der Waals surface area contributed by atoms with Crippen LogP contribution in [0.4, 0.5) is 0 Å². The molecule has 2 nitrogen and oxygen atoms in total. The molecule has 0 radical (unpaired) electrons. The van der Waals surface area contributed by atoms with Gasteiger partial charge in [-0.05, 0) is 65.9 Å². The maximum Gasteiger partial charge on any atom is 0.0876 e. The van der Waals surface area contributed by atoms with Gasteiger partial charge in [-0.15, -0.1) is 11.3 Å². The second-order valence-electron chi connectivity index (χ2n) is 4.66. The number of nitrogens with one attached hydrogen (secondary N) is 1. The third-order valence-corrected chi connectivity index (χ3v) is 5.29. The molecule has 0 aliphatic carbocycles. The largest absolute Gasteiger partial charge is 0.501 e. The summed E-state index contributed by atoms with van der Waals surface area (Å²) < 4.78 is 6.73. The van der Waals surface area contributed by atoms with Gasteiger partial charge in [0.15, 0.2) is 0 Å². The van der Waals surface area contributed by atoms with Gasteiger partial charge in [-0.25, -0.2) is 0 Å². The van der Waals surface area contributed by atoms with E-state index in [-0.39, 0.29) is 0 Å². The first kappa shape index (κ1) is 14.1. The predicted octanol–water partition coefficient (Wildman–Crippen LogP) is 4.55. The highest BCUT2D eigenvalue weighted by molar-refractivity contribution is 9.11. The van der Waals surface area contributed by atoms with Gasteiger partial charge in [0.05, 0.1) is 22.7 Å². The van der Waals surface area contributed by atoms with Crippen LogP contribution in [-0.2, 0) is 4.74 Å². The Labute approximate surface area is 122 Å². The summed E-state index contributed by atoms with van der Waals surface area (Å²) in [5, 5.41) is 3.64. The zero-order chi connectivity index (χ0) is 13.0. The lowest BCUT2D eigenvalue weighted by Crippen LogP contribution is -2.24. The molecule has 1 N–H and O–H groups in total. The molecule has 1 aromatic heterocycles. The molecule has 1 aromatic rings. The second kappa shape index (κ2) is 6.73. The van der Waals surface area contributed by atoms with Crippen molar-refractivity contribution in [2.75, 3.05) is 13.2 Å². The summed E-state index contributed by atoms with van der Waals surface area (Å²) >= 11 is 5.44. The SMILES string of the molecule is CCCNC(C1=COCCC1)c1cc(C)c(Br)s1. The number of thiophene rings is 1. The van der Waals surface area contributed by atoms with E-state index < -0.39 is 0 Å². The normalized spacial score (nSPS) is 17.2. The van der Waals surface area contributed by atoms with E-state index in [0.717, 1.165) is 32.4 Å². The van der Waals surface area contributed by atoms with Gasteiger partial charge in [0.25, 0.3) is 0 Å². The summed E-state index contributed by atoms with van der Waals surface area (Å²) in [6.07, 6.45) is 5.37. The van der Waals surface area contributed by atoms with Crippen molar-refractivity contribution in [1.29, 1.82) is 0 Å². The molecule has 100 valence electrons. The number of ether oxygens (including phenoxy) is 1. The molecule has 0 fully saturated rings. The molecular formula is C14H20BrNOS. The molecule has 0 saturated carbocycles. The molecule has 0 aromatic carbocycles. The van der Waals surface area contributed by atoms with Gasteiger partial charge in [-0.2, -0.15) is 0 Å². The monoisotopic (exact) mass is 329 g/mol. The summed E-state index contributed by atoms with van der Waals surface area (Å²) in [5.74, 6) is 0. The van der Waals surface area contributed by atoms with E-state index in [0.29, 0.717) is 6.04 Å². The van der Waals surface area contributed by atoms with Crippen LogP contribution in [0.3, 0.4) is 0 Å². The number of rotatable bonds is 5. The van der Waals surface area contributed by atoms with Crippen molar-refractivity contribution < 1.29 is 4.74 Å². The third-order valence-electron chi connectivity index (χ3n) is 3.09.